The van der Waals surface area contributed by atoms with Gasteiger partial charge in [-0.05, 0) is 55.7 Å². The molecule has 2 nitrogen and oxygen atoms in total. The Kier molecular flexibility index (Phi) is 4.27. The molecule has 1 aliphatic carbocycles. The Bertz CT molecular complexity index is 310. The Labute approximate surface area is 105 Å². The quantitative estimate of drug-likeness (QED) is 0.844. The van der Waals surface area contributed by atoms with Crippen molar-refractivity contribution in [3.05, 3.63) is 24.2 Å². The lowest BCUT2D eigenvalue weighted by Gasteiger charge is -2.39. The maximum absolute atomic E-state index is 6.03. The third-order valence-electron chi connectivity index (χ3n) is 4.43. The molecule has 0 amide bonds. The highest BCUT2D eigenvalue weighted by atomic mass is 16.3. The maximum atomic E-state index is 6.03. The van der Waals surface area contributed by atoms with E-state index in [0.717, 1.165) is 24.6 Å². The van der Waals surface area contributed by atoms with Gasteiger partial charge < -0.3 is 10.2 Å². The van der Waals surface area contributed by atoms with Crippen molar-refractivity contribution in [2.45, 2.75) is 51.9 Å². The monoisotopic (exact) mass is 235 g/mol. The maximum Gasteiger partial charge on any atom is 0.104 e. The van der Waals surface area contributed by atoms with Gasteiger partial charge >= 0.3 is 0 Å². The minimum Gasteiger partial charge on any atom is -0.469 e. The molecule has 1 aliphatic rings. The minimum atomic E-state index is 0.308. The molecule has 1 aromatic rings. The number of furan rings is 1. The number of nitrogens with two attached hydrogens (primary N) is 1. The molecule has 0 unspecified atom stereocenters. The highest BCUT2D eigenvalue weighted by molar-refractivity contribution is 5.03. The van der Waals surface area contributed by atoms with E-state index >= 15 is 0 Å². The first-order chi connectivity index (χ1) is 8.28. The van der Waals surface area contributed by atoms with E-state index in [1.807, 2.05) is 6.07 Å². The van der Waals surface area contributed by atoms with E-state index in [1.54, 1.807) is 6.26 Å². The predicted molar refractivity (Wildman–Crippen MR) is 70.8 cm³/mol. The van der Waals surface area contributed by atoms with E-state index in [9.17, 15) is 0 Å². The molecular formula is C15H25NO. The van der Waals surface area contributed by atoms with Gasteiger partial charge in [-0.3, -0.25) is 0 Å². The Morgan fingerprint density at radius 1 is 1.41 bits per heavy atom. The van der Waals surface area contributed by atoms with Crippen LogP contribution < -0.4 is 5.73 Å². The van der Waals surface area contributed by atoms with Gasteiger partial charge in [-0.15, -0.1) is 0 Å². The summed E-state index contributed by atoms with van der Waals surface area (Å²) >= 11 is 0. The molecule has 1 aromatic heterocycles. The van der Waals surface area contributed by atoms with Crippen LogP contribution in [0, 0.1) is 11.3 Å². The van der Waals surface area contributed by atoms with Crippen molar-refractivity contribution < 1.29 is 4.42 Å². The zero-order valence-corrected chi connectivity index (χ0v) is 11.0. The smallest absolute Gasteiger partial charge is 0.104 e. The largest absolute Gasteiger partial charge is 0.469 e. The topological polar surface area (TPSA) is 39.2 Å². The summed E-state index contributed by atoms with van der Waals surface area (Å²) < 4.78 is 5.48. The highest BCUT2D eigenvalue weighted by Gasteiger charge is 2.34. The summed E-state index contributed by atoms with van der Waals surface area (Å²) in [5.41, 5.74) is 6.34. The number of rotatable bonds is 5. The molecular weight excluding hydrogens is 210 g/mol. The molecule has 2 heteroatoms. The normalized spacial score (nSPS) is 29.4. The molecule has 0 radical (unpaired) electrons. The minimum absolute atomic E-state index is 0.308. The lowest BCUT2D eigenvalue weighted by Crippen LogP contribution is -2.36. The third-order valence-corrected chi connectivity index (χ3v) is 4.43. The summed E-state index contributed by atoms with van der Waals surface area (Å²) in [5, 5.41) is 0. The molecule has 17 heavy (non-hydrogen) atoms. The highest BCUT2D eigenvalue weighted by Crippen LogP contribution is 2.42. The van der Waals surface area contributed by atoms with Crippen molar-refractivity contribution in [3.63, 3.8) is 0 Å². The zero-order valence-electron chi connectivity index (χ0n) is 11.0. The lowest BCUT2D eigenvalue weighted by molar-refractivity contribution is 0.143. The molecule has 1 fully saturated rings. The van der Waals surface area contributed by atoms with Crippen molar-refractivity contribution in [2.75, 3.05) is 6.54 Å². The summed E-state index contributed by atoms with van der Waals surface area (Å²) in [6, 6.07) is 4.05. The summed E-state index contributed by atoms with van der Waals surface area (Å²) in [6.45, 7) is 3.08. The van der Waals surface area contributed by atoms with Gasteiger partial charge in [0.25, 0.3) is 0 Å². The van der Waals surface area contributed by atoms with Gasteiger partial charge in [0.1, 0.15) is 5.76 Å². The molecule has 0 atom stereocenters. The molecule has 2 N–H and O–H groups in total. The molecule has 1 heterocycles. The van der Waals surface area contributed by atoms with E-state index in [0.29, 0.717) is 5.41 Å². The molecule has 0 aliphatic heterocycles. The van der Waals surface area contributed by atoms with Gasteiger partial charge in [-0.1, -0.05) is 19.8 Å². The molecule has 0 bridgehead atoms. The Morgan fingerprint density at radius 3 is 2.71 bits per heavy atom. The molecule has 0 aromatic carbocycles. The van der Waals surface area contributed by atoms with Crippen molar-refractivity contribution in [1.82, 2.24) is 0 Å². The van der Waals surface area contributed by atoms with Gasteiger partial charge in [0.05, 0.1) is 6.26 Å². The average Bonchev–Trinajstić information content (AvgIpc) is 2.85. The Morgan fingerprint density at radius 2 is 2.18 bits per heavy atom. The fraction of sp³-hybridized carbons (Fsp3) is 0.733. The first kappa shape index (κ1) is 12.7. The summed E-state index contributed by atoms with van der Waals surface area (Å²) in [6.07, 6.45) is 10.7. The Balaban J connectivity index is 1.93. The SMILES string of the molecule is CCCC1CCC(CN)(Cc2ccco2)CC1. The van der Waals surface area contributed by atoms with Gasteiger partial charge in [-0.25, -0.2) is 0 Å². The van der Waals surface area contributed by atoms with Gasteiger partial charge in [-0.2, -0.15) is 0 Å². The lowest BCUT2D eigenvalue weighted by atomic mass is 9.67. The van der Waals surface area contributed by atoms with E-state index in [2.05, 4.69) is 13.0 Å². The van der Waals surface area contributed by atoms with Crippen LogP contribution >= 0.6 is 0 Å². The van der Waals surface area contributed by atoms with E-state index in [4.69, 9.17) is 10.2 Å². The third kappa shape index (κ3) is 3.12. The van der Waals surface area contributed by atoms with Crippen LogP contribution in [0.25, 0.3) is 0 Å². The fourth-order valence-corrected chi connectivity index (χ4v) is 3.22. The van der Waals surface area contributed by atoms with E-state index in [1.165, 1.54) is 38.5 Å². The number of hydrogen-bond donors (Lipinski definition) is 1. The summed E-state index contributed by atoms with van der Waals surface area (Å²) in [5.74, 6) is 2.04. The second-order valence-electron chi connectivity index (χ2n) is 5.69. The van der Waals surface area contributed by atoms with Crippen LogP contribution in [-0.2, 0) is 6.42 Å². The van der Waals surface area contributed by atoms with Crippen LogP contribution in [0.3, 0.4) is 0 Å². The van der Waals surface area contributed by atoms with Crippen molar-refractivity contribution >= 4 is 0 Å². The van der Waals surface area contributed by atoms with Gasteiger partial charge in [0.15, 0.2) is 0 Å². The van der Waals surface area contributed by atoms with Gasteiger partial charge in [0, 0.05) is 6.42 Å². The van der Waals surface area contributed by atoms with E-state index in [-0.39, 0.29) is 0 Å². The fourth-order valence-electron chi connectivity index (χ4n) is 3.22. The van der Waals surface area contributed by atoms with Crippen LogP contribution in [0.4, 0.5) is 0 Å². The van der Waals surface area contributed by atoms with Crippen LogP contribution in [0.15, 0.2) is 22.8 Å². The standard InChI is InChI=1S/C15H25NO/c1-2-4-13-6-8-15(12-16,9-7-13)11-14-5-3-10-17-14/h3,5,10,13H,2,4,6-9,11-12,16H2,1H3. The van der Waals surface area contributed by atoms with Crippen LogP contribution in [0.2, 0.25) is 0 Å². The molecule has 0 saturated heterocycles. The molecule has 96 valence electrons. The zero-order chi connectivity index (χ0) is 12.1. The Hall–Kier alpha value is -0.760. The average molecular weight is 235 g/mol. The predicted octanol–water partition coefficient (Wildman–Crippen LogP) is 3.76. The first-order valence-corrected chi connectivity index (χ1v) is 7.00. The van der Waals surface area contributed by atoms with Crippen LogP contribution in [0.5, 0.6) is 0 Å². The second-order valence-corrected chi connectivity index (χ2v) is 5.69. The molecule has 1 saturated carbocycles. The van der Waals surface area contributed by atoms with Gasteiger partial charge in [0.2, 0.25) is 0 Å². The van der Waals surface area contributed by atoms with Crippen molar-refractivity contribution in [2.24, 2.45) is 17.1 Å². The number of hydrogen-bond acceptors (Lipinski definition) is 2. The molecule has 0 spiro atoms. The van der Waals surface area contributed by atoms with Crippen molar-refractivity contribution in [3.8, 4) is 0 Å². The van der Waals surface area contributed by atoms with Crippen molar-refractivity contribution in [1.29, 1.82) is 0 Å². The van der Waals surface area contributed by atoms with Crippen LogP contribution in [-0.4, -0.2) is 6.54 Å². The first-order valence-electron chi connectivity index (χ1n) is 7.00. The van der Waals surface area contributed by atoms with Crippen LogP contribution in [0.1, 0.15) is 51.2 Å². The molecule has 2 rings (SSSR count). The van der Waals surface area contributed by atoms with E-state index < -0.39 is 0 Å². The summed E-state index contributed by atoms with van der Waals surface area (Å²) in [7, 11) is 0. The summed E-state index contributed by atoms with van der Waals surface area (Å²) in [4.78, 5) is 0. The second kappa shape index (κ2) is 5.72.